The van der Waals surface area contributed by atoms with Gasteiger partial charge in [0.05, 0.1) is 10.8 Å². The molecule has 29 heavy (non-hydrogen) atoms. The zero-order valence-electron chi connectivity index (χ0n) is 15.8. The molecular formula is C23H21FN2O2S. The average molecular weight is 408 g/mol. The number of anilines is 1. The standard InChI is InChI=1S/C23H21FN2O2S/c24-19-10-8-16(9-11-19)17-4-1-6-20(14-17)25-22(27)18-5-2-12-26(15-18)23(28)21-7-3-13-29-21/h1,3-4,6-11,13-14,18H,2,5,12,15H2,(H,25,27)/t18-/m1/s1. The van der Waals surface area contributed by atoms with E-state index in [1.807, 2.05) is 41.8 Å². The number of nitrogens with one attached hydrogen (secondary N) is 1. The average Bonchev–Trinajstić information content (AvgIpc) is 3.29. The Morgan fingerprint density at radius 2 is 1.86 bits per heavy atom. The minimum Gasteiger partial charge on any atom is -0.337 e. The van der Waals surface area contributed by atoms with Crippen molar-refractivity contribution in [1.29, 1.82) is 0 Å². The van der Waals surface area contributed by atoms with Crippen LogP contribution in [0.5, 0.6) is 0 Å². The van der Waals surface area contributed by atoms with Crippen molar-refractivity contribution in [3.05, 3.63) is 76.7 Å². The van der Waals surface area contributed by atoms with Gasteiger partial charge in [0.2, 0.25) is 5.91 Å². The first kappa shape index (κ1) is 19.3. The Balaban J connectivity index is 1.43. The minimum atomic E-state index is -0.280. The monoisotopic (exact) mass is 408 g/mol. The third-order valence-electron chi connectivity index (χ3n) is 5.12. The number of halogens is 1. The van der Waals surface area contributed by atoms with Crippen molar-refractivity contribution in [2.45, 2.75) is 12.8 Å². The summed E-state index contributed by atoms with van der Waals surface area (Å²) in [6.45, 7) is 1.11. The first-order chi connectivity index (χ1) is 14.1. The number of hydrogen-bond donors (Lipinski definition) is 1. The second kappa shape index (κ2) is 8.57. The zero-order chi connectivity index (χ0) is 20.2. The second-order valence-corrected chi connectivity index (χ2v) is 8.09. The van der Waals surface area contributed by atoms with Crippen molar-refractivity contribution in [3.63, 3.8) is 0 Å². The van der Waals surface area contributed by atoms with Gasteiger partial charge in [0.1, 0.15) is 5.82 Å². The van der Waals surface area contributed by atoms with Gasteiger partial charge in [0.15, 0.2) is 0 Å². The van der Waals surface area contributed by atoms with Gasteiger partial charge in [-0.05, 0) is 59.7 Å². The maximum Gasteiger partial charge on any atom is 0.263 e. The lowest BCUT2D eigenvalue weighted by Crippen LogP contribution is -2.43. The lowest BCUT2D eigenvalue weighted by atomic mass is 9.96. The number of nitrogens with zero attached hydrogens (tertiary/aromatic N) is 1. The third-order valence-corrected chi connectivity index (χ3v) is 5.98. The first-order valence-electron chi connectivity index (χ1n) is 9.60. The molecule has 3 aromatic rings. The van der Waals surface area contributed by atoms with Crippen molar-refractivity contribution >= 4 is 28.8 Å². The summed E-state index contributed by atoms with van der Waals surface area (Å²) in [4.78, 5) is 27.9. The number of hydrogen-bond acceptors (Lipinski definition) is 3. The smallest absolute Gasteiger partial charge is 0.263 e. The highest BCUT2D eigenvalue weighted by molar-refractivity contribution is 7.12. The van der Waals surface area contributed by atoms with Gasteiger partial charge in [0, 0.05) is 18.8 Å². The zero-order valence-corrected chi connectivity index (χ0v) is 16.6. The van der Waals surface area contributed by atoms with Gasteiger partial charge in [0.25, 0.3) is 5.91 Å². The van der Waals surface area contributed by atoms with Crippen LogP contribution in [0.25, 0.3) is 11.1 Å². The van der Waals surface area contributed by atoms with Crippen LogP contribution in [0.3, 0.4) is 0 Å². The lowest BCUT2D eigenvalue weighted by Gasteiger charge is -2.31. The fourth-order valence-corrected chi connectivity index (χ4v) is 4.29. The quantitative estimate of drug-likeness (QED) is 0.657. The Labute approximate surface area is 173 Å². The molecule has 1 aliphatic rings. The maximum absolute atomic E-state index is 13.2. The molecule has 1 N–H and O–H groups in total. The molecule has 0 bridgehead atoms. The number of likely N-dealkylation sites (tertiary alicyclic amines) is 1. The first-order valence-corrected chi connectivity index (χ1v) is 10.5. The van der Waals surface area contributed by atoms with Crippen LogP contribution in [-0.2, 0) is 4.79 Å². The largest absolute Gasteiger partial charge is 0.337 e. The van der Waals surface area contributed by atoms with Crippen LogP contribution in [0.1, 0.15) is 22.5 Å². The fraction of sp³-hybridized carbons (Fsp3) is 0.217. The molecule has 2 heterocycles. The summed E-state index contributed by atoms with van der Waals surface area (Å²) in [5.74, 6) is -0.597. The van der Waals surface area contributed by atoms with E-state index in [4.69, 9.17) is 0 Å². The van der Waals surface area contributed by atoms with E-state index in [0.29, 0.717) is 23.7 Å². The van der Waals surface area contributed by atoms with Crippen LogP contribution < -0.4 is 5.32 Å². The topological polar surface area (TPSA) is 49.4 Å². The number of thiophene rings is 1. The van der Waals surface area contributed by atoms with E-state index < -0.39 is 0 Å². The van der Waals surface area contributed by atoms with Gasteiger partial charge in [-0.15, -0.1) is 11.3 Å². The SMILES string of the molecule is O=C(Nc1cccc(-c2ccc(F)cc2)c1)[C@@H]1CCCN(C(=O)c2cccs2)C1. The van der Waals surface area contributed by atoms with Crippen molar-refractivity contribution in [2.24, 2.45) is 5.92 Å². The molecule has 6 heteroatoms. The molecule has 0 unspecified atom stereocenters. The summed E-state index contributed by atoms with van der Waals surface area (Å²) in [6.07, 6.45) is 1.57. The van der Waals surface area contributed by atoms with E-state index in [-0.39, 0.29) is 23.5 Å². The molecule has 0 saturated carbocycles. The van der Waals surface area contributed by atoms with Gasteiger partial charge in [-0.2, -0.15) is 0 Å². The highest BCUT2D eigenvalue weighted by Gasteiger charge is 2.29. The Morgan fingerprint density at radius 3 is 2.62 bits per heavy atom. The molecule has 0 spiro atoms. The molecule has 148 valence electrons. The highest BCUT2D eigenvalue weighted by Crippen LogP contribution is 2.25. The number of benzene rings is 2. The summed E-state index contributed by atoms with van der Waals surface area (Å²) in [5.41, 5.74) is 2.48. The van der Waals surface area contributed by atoms with Crippen LogP contribution in [0.2, 0.25) is 0 Å². The van der Waals surface area contributed by atoms with E-state index >= 15 is 0 Å². The summed E-state index contributed by atoms with van der Waals surface area (Å²) in [5, 5.41) is 4.86. The maximum atomic E-state index is 13.2. The second-order valence-electron chi connectivity index (χ2n) is 7.14. The van der Waals surface area contributed by atoms with Crippen LogP contribution in [0.15, 0.2) is 66.0 Å². The summed E-state index contributed by atoms with van der Waals surface area (Å²) < 4.78 is 13.2. The van der Waals surface area contributed by atoms with Crippen LogP contribution in [0.4, 0.5) is 10.1 Å². The van der Waals surface area contributed by atoms with Gasteiger partial charge >= 0.3 is 0 Å². The number of carbonyl (C=O) groups is 2. The molecule has 0 radical (unpaired) electrons. The Kier molecular flexibility index (Phi) is 5.71. The molecule has 4 nitrogen and oxygen atoms in total. The summed E-state index contributed by atoms with van der Waals surface area (Å²) >= 11 is 1.42. The van der Waals surface area contributed by atoms with Gasteiger partial charge in [-0.1, -0.05) is 30.3 Å². The van der Waals surface area contributed by atoms with Crippen molar-refractivity contribution in [3.8, 4) is 11.1 Å². The molecule has 1 fully saturated rings. The van der Waals surface area contributed by atoms with Crippen molar-refractivity contribution < 1.29 is 14.0 Å². The predicted molar refractivity (Wildman–Crippen MR) is 113 cm³/mol. The third kappa shape index (κ3) is 4.54. The number of carbonyl (C=O) groups excluding carboxylic acids is 2. The number of piperidine rings is 1. The van der Waals surface area contributed by atoms with Crippen LogP contribution >= 0.6 is 11.3 Å². The Bertz CT molecular complexity index is 1000. The molecule has 2 aromatic carbocycles. The number of rotatable bonds is 4. The van der Waals surface area contributed by atoms with Crippen molar-refractivity contribution in [2.75, 3.05) is 18.4 Å². The van der Waals surface area contributed by atoms with Crippen molar-refractivity contribution in [1.82, 2.24) is 4.90 Å². The fourth-order valence-electron chi connectivity index (χ4n) is 3.59. The molecule has 1 saturated heterocycles. The normalized spacial score (nSPS) is 16.4. The van der Waals surface area contributed by atoms with E-state index in [2.05, 4.69) is 5.32 Å². The summed E-state index contributed by atoms with van der Waals surface area (Å²) in [7, 11) is 0. The van der Waals surface area contributed by atoms with E-state index in [9.17, 15) is 14.0 Å². The Hall–Kier alpha value is -2.99. The van der Waals surface area contributed by atoms with Crippen LogP contribution in [-0.4, -0.2) is 29.8 Å². The van der Waals surface area contributed by atoms with E-state index in [0.717, 1.165) is 24.0 Å². The molecule has 4 rings (SSSR count). The molecule has 0 aliphatic carbocycles. The lowest BCUT2D eigenvalue weighted by molar-refractivity contribution is -0.121. The molecule has 1 aromatic heterocycles. The number of amides is 2. The molecule has 1 atom stereocenters. The van der Waals surface area contributed by atoms with Gasteiger partial charge in [-0.25, -0.2) is 4.39 Å². The predicted octanol–water partition coefficient (Wildman–Crippen LogP) is 5.05. The van der Waals surface area contributed by atoms with E-state index in [1.54, 1.807) is 17.0 Å². The highest BCUT2D eigenvalue weighted by atomic mass is 32.1. The molecular weight excluding hydrogens is 387 g/mol. The van der Waals surface area contributed by atoms with Crippen LogP contribution in [0, 0.1) is 11.7 Å². The molecule has 1 aliphatic heterocycles. The van der Waals surface area contributed by atoms with E-state index in [1.165, 1.54) is 23.5 Å². The van der Waals surface area contributed by atoms with Gasteiger partial charge in [-0.3, -0.25) is 9.59 Å². The minimum absolute atomic E-state index is 0.00388. The summed E-state index contributed by atoms with van der Waals surface area (Å²) in [6, 6.07) is 17.4. The Morgan fingerprint density at radius 1 is 1.03 bits per heavy atom. The molecule has 2 amide bonds. The van der Waals surface area contributed by atoms with Gasteiger partial charge < -0.3 is 10.2 Å².